The number of nitrogens with one attached hydrogen (secondary N) is 3. The Balaban J connectivity index is 2.02. The van der Waals surface area contributed by atoms with Crippen LogP contribution in [0.1, 0.15) is 0 Å². The summed E-state index contributed by atoms with van der Waals surface area (Å²) < 4.78 is 9.69. The monoisotopic (exact) mass is 251 g/mol. The largest absolute Gasteiger partial charge is 0.417 e. The van der Waals surface area contributed by atoms with Gasteiger partial charge in [-0.25, -0.2) is 9.59 Å². The van der Waals surface area contributed by atoms with Crippen LogP contribution in [0, 0.1) is 0 Å². The van der Waals surface area contributed by atoms with Crippen molar-refractivity contribution in [1.82, 2.24) is 10.3 Å². The Morgan fingerprint density at radius 3 is 3.11 bits per heavy atom. The fourth-order valence-electron chi connectivity index (χ4n) is 1.47. The van der Waals surface area contributed by atoms with Crippen LogP contribution < -0.4 is 16.4 Å². The number of aromatic nitrogens is 1. The molecule has 7 heteroatoms. The number of benzene rings is 1. The second-order valence-corrected chi connectivity index (χ2v) is 3.60. The van der Waals surface area contributed by atoms with Crippen molar-refractivity contribution in [2.45, 2.75) is 0 Å². The maximum Gasteiger partial charge on any atom is 0.417 e. The molecule has 7 nitrogen and oxygen atoms in total. The van der Waals surface area contributed by atoms with Gasteiger partial charge in [0.25, 0.3) is 0 Å². The molecule has 18 heavy (non-hydrogen) atoms. The fraction of sp³-hybridized carbons (Fsp3) is 0.273. The Bertz CT molecular complexity index is 602. The van der Waals surface area contributed by atoms with Crippen molar-refractivity contribution < 1.29 is 13.9 Å². The predicted octanol–water partition coefficient (Wildman–Crippen LogP) is 0.889. The van der Waals surface area contributed by atoms with Gasteiger partial charge in [-0.05, 0) is 12.1 Å². The lowest BCUT2D eigenvalue weighted by molar-refractivity contribution is 0.198. The Morgan fingerprint density at radius 2 is 2.33 bits per heavy atom. The molecule has 0 aliphatic heterocycles. The number of fused-ring (bicyclic) bond motifs is 1. The van der Waals surface area contributed by atoms with E-state index in [0.29, 0.717) is 29.9 Å². The van der Waals surface area contributed by atoms with Crippen molar-refractivity contribution in [1.29, 1.82) is 0 Å². The Hall–Kier alpha value is -2.28. The highest BCUT2D eigenvalue weighted by atomic mass is 16.5. The van der Waals surface area contributed by atoms with Crippen molar-refractivity contribution in [3.05, 3.63) is 28.7 Å². The Kier molecular flexibility index (Phi) is 3.63. The lowest BCUT2D eigenvalue weighted by Gasteiger charge is -2.06. The summed E-state index contributed by atoms with van der Waals surface area (Å²) in [6.45, 7) is 0.864. The number of urea groups is 1. The summed E-state index contributed by atoms with van der Waals surface area (Å²) in [6.07, 6.45) is 0. The molecule has 2 amide bonds. The van der Waals surface area contributed by atoms with Crippen LogP contribution in [-0.4, -0.2) is 31.3 Å². The minimum absolute atomic E-state index is 0.343. The first-order valence-electron chi connectivity index (χ1n) is 5.36. The third kappa shape index (κ3) is 2.89. The van der Waals surface area contributed by atoms with E-state index in [2.05, 4.69) is 15.6 Å². The van der Waals surface area contributed by atoms with Gasteiger partial charge in [-0.3, -0.25) is 4.98 Å². The number of H-pyrrole nitrogens is 1. The van der Waals surface area contributed by atoms with E-state index < -0.39 is 5.76 Å². The van der Waals surface area contributed by atoms with Crippen molar-refractivity contribution in [2.75, 3.05) is 25.6 Å². The highest BCUT2D eigenvalue weighted by molar-refractivity contribution is 5.91. The number of carbonyl (C=O) groups is 1. The normalized spacial score (nSPS) is 10.5. The first-order chi connectivity index (χ1) is 8.69. The van der Waals surface area contributed by atoms with E-state index in [1.54, 1.807) is 25.3 Å². The van der Waals surface area contributed by atoms with Crippen LogP contribution in [0.2, 0.25) is 0 Å². The minimum Gasteiger partial charge on any atom is -0.408 e. The van der Waals surface area contributed by atoms with Crippen molar-refractivity contribution >= 4 is 22.8 Å². The third-order valence-corrected chi connectivity index (χ3v) is 2.27. The second kappa shape index (κ2) is 5.37. The molecule has 0 aliphatic carbocycles. The number of ether oxygens (including phenoxy) is 1. The van der Waals surface area contributed by atoms with Crippen LogP contribution in [0.4, 0.5) is 10.5 Å². The summed E-state index contributed by atoms with van der Waals surface area (Å²) in [6, 6.07) is 4.56. The fourth-order valence-corrected chi connectivity index (χ4v) is 1.47. The first kappa shape index (κ1) is 12.2. The molecule has 1 aromatic carbocycles. The number of carbonyl (C=O) groups excluding carboxylic acids is 1. The van der Waals surface area contributed by atoms with E-state index in [4.69, 9.17) is 9.15 Å². The van der Waals surface area contributed by atoms with Crippen molar-refractivity contribution in [2.24, 2.45) is 0 Å². The Morgan fingerprint density at radius 1 is 1.50 bits per heavy atom. The van der Waals surface area contributed by atoms with Gasteiger partial charge in [0, 0.05) is 25.4 Å². The molecule has 0 spiro atoms. The molecule has 1 heterocycles. The molecule has 0 fully saturated rings. The molecule has 0 saturated heterocycles. The topological polar surface area (TPSA) is 96.4 Å². The average Bonchev–Trinajstić information content (AvgIpc) is 2.69. The summed E-state index contributed by atoms with van der Waals surface area (Å²) in [7, 11) is 1.56. The van der Waals surface area contributed by atoms with E-state index in [0.717, 1.165) is 0 Å². The average molecular weight is 251 g/mol. The molecular weight excluding hydrogens is 238 g/mol. The molecule has 1 aromatic heterocycles. The smallest absolute Gasteiger partial charge is 0.408 e. The molecule has 0 radical (unpaired) electrons. The zero-order chi connectivity index (χ0) is 13.0. The van der Waals surface area contributed by atoms with Gasteiger partial charge in [0.2, 0.25) is 0 Å². The van der Waals surface area contributed by atoms with Crippen LogP contribution in [0.5, 0.6) is 0 Å². The van der Waals surface area contributed by atoms with Crippen LogP contribution in [-0.2, 0) is 4.74 Å². The maximum absolute atomic E-state index is 11.5. The predicted molar refractivity (Wildman–Crippen MR) is 65.7 cm³/mol. The number of amides is 2. The van der Waals surface area contributed by atoms with Crippen LogP contribution >= 0.6 is 0 Å². The summed E-state index contributed by atoms with van der Waals surface area (Å²) in [5.74, 6) is -0.522. The van der Waals surface area contributed by atoms with Crippen LogP contribution in [0.3, 0.4) is 0 Å². The standard InChI is InChI=1S/C11H13N3O4/c1-17-5-4-12-10(15)13-7-2-3-8-9(6-7)18-11(16)14-8/h2-3,6H,4-5H2,1H3,(H,14,16)(H2,12,13,15). The lowest BCUT2D eigenvalue weighted by Crippen LogP contribution is -2.31. The van der Waals surface area contributed by atoms with E-state index in [-0.39, 0.29) is 6.03 Å². The van der Waals surface area contributed by atoms with Crippen molar-refractivity contribution in [3.8, 4) is 0 Å². The summed E-state index contributed by atoms with van der Waals surface area (Å²) in [5.41, 5.74) is 1.53. The first-order valence-corrected chi connectivity index (χ1v) is 5.36. The lowest BCUT2D eigenvalue weighted by atomic mass is 10.3. The number of hydrogen-bond donors (Lipinski definition) is 3. The third-order valence-electron chi connectivity index (χ3n) is 2.27. The molecule has 96 valence electrons. The van der Waals surface area contributed by atoms with Crippen LogP contribution in [0.15, 0.2) is 27.4 Å². The van der Waals surface area contributed by atoms with E-state index in [9.17, 15) is 9.59 Å². The van der Waals surface area contributed by atoms with Crippen LogP contribution in [0.25, 0.3) is 11.1 Å². The molecule has 0 unspecified atom stereocenters. The molecule has 0 atom stereocenters. The Labute approximate surface area is 102 Å². The maximum atomic E-state index is 11.5. The second-order valence-electron chi connectivity index (χ2n) is 3.60. The number of rotatable bonds is 4. The highest BCUT2D eigenvalue weighted by Crippen LogP contribution is 2.15. The molecular formula is C11H13N3O4. The summed E-state index contributed by atoms with van der Waals surface area (Å²) >= 11 is 0. The van der Waals surface area contributed by atoms with Crippen molar-refractivity contribution in [3.63, 3.8) is 0 Å². The van der Waals surface area contributed by atoms with Gasteiger partial charge in [0.1, 0.15) is 0 Å². The minimum atomic E-state index is -0.522. The molecule has 0 aliphatic rings. The molecule has 2 aromatic rings. The van der Waals surface area contributed by atoms with Gasteiger partial charge in [-0.2, -0.15) is 0 Å². The number of methoxy groups -OCH3 is 1. The van der Waals surface area contributed by atoms with Gasteiger partial charge >= 0.3 is 11.8 Å². The van der Waals surface area contributed by atoms with Gasteiger partial charge in [-0.1, -0.05) is 0 Å². The van der Waals surface area contributed by atoms with E-state index in [1.807, 2.05) is 0 Å². The number of hydrogen-bond acceptors (Lipinski definition) is 4. The van der Waals surface area contributed by atoms with E-state index in [1.165, 1.54) is 0 Å². The van der Waals surface area contributed by atoms with Gasteiger partial charge in [-0.15, -0.1) is 0 Å². The number of oxazole rings is 1. The van der Waals surface area contributed by atoms with Gasteiger partial charge < -0.3 is 19.8 Å². The number of anilines is 1. The highest BCUT2D eigenvalue weighted by Gasteiger charge is 2.04. The summed E-state index contributed by atoms with van der Waals surface area (Å²) in [4.78, 5) is 24.9. The zero-order valence-corrected chi connectivity index (χ0v) is 9.78. The molecule has 2 rings (SSSR count). The molecule has 0 bridgehead atoms. The molecule has 3 N–H and O–H groups in total. The van der Waals surface area contributed by atoms with E-state index >= 15 is 0 Å². The summed E-state index contributed by atoms with van der Waals surface area (Å²) in [5, 5.41) is 5.23. The zero-order valence-electron chi connectivity index (χ0n) is 9.78. The quantitative estimate of drug-likeness (QED) is 0.703. The number of aromatic amines is 1. The SMILES string of the molecule is COCCNC(=O)Nc1ccc2[nH]c(=O)oc2c1. The molecule has 0 saturated carbocycles. The van der Waals surface area contributed by atoms with Gasteiger partial charge in [0.15, 0.2) is 5.58 Å². The van der Waals surface area contributed by atoms with Gasteiger partial charge in [0.05, 0.1) is 12.1 Å².